The van der Waals surface area contributed by atoms with Crippen molar-refractivity contribution in [3.8, 4) is 0 Å². The number of carbonyl (C=O) groups is 2. The van der Waals surface area contributed by atoms with Gasteiger partial charge in [0.25, 0.3) is 5.69 Å². The number of nitro benzene ring substituents is 1. The lowest BCUT2D eigenvalue weighted by Gasteiger charge is -2.08. The Morgan fingerprint density at radius 2 is 1.63 bits per heavy atom. The van der Waals surface area contributed by atoms with Crippen LogP contribution in [0.1, 0.15) is 43.7 Å². The summed E-state index contributed by atoms with van der Waals surface area (Å²) in [5.41, 5.74) is 4.73. The van der Waals surface area contributed by atoms with Crippen molar-refractivity contribution in [1.29, 1.82) is 0 Å². The summed E-state index contributed by atoms with van der Waals surface area (Å²) in [4.78, 5) is 34.9. The maximum absolute atomic E-state index is 12.4. The van der Waals surface area contributed by atoms with Gasteiger partial charge in [-0.15, -0.1) is 0 Å². The third-order valence-corrected chi connectivity index (χ3v) is 5.33. The number of carbonyl (C=O) groups excluding carboxylic acids is 2. The summed E-state index contributed by atoms with van der Waals surface area (Å²) in [5.74, 6) is -1.07. The standard InChI is InChI=1S/C28H25NO6/c1-19-15-22(9-14-27(30)34-3)16-20(2)25(19)13-12-23-10-11-24(17-26(23)29(32)33)28(31)35-18-21-7-5-4-6-8-21/h4-17H,18H2,1-3H3/b13-12+,14-9+. The van der Waals surface area contributed by atoms with Crippen molar-refractivity contribution in [2.45, 2.75) is 20.5 Å². The van der Waals surface area contributed by atoms with E-state index in [4.69, 9.17) is 4.74 Å². The van der Waals surface area contributed by atoms with Gasteiger partial charge in [-0.05, 0) is 65.9 Å². The first kappa shape index (κ1) is 25.1. The lowest BCUT2D eigenvalue weighted by molar-refractivity contribution is -0.385. The third-order valence-electron chi connectivity index (χ3n) is 5.33. The van der Waals surface area contributed by atoms with Gasteiger partial charge in [-0.2, -0.15) is 0 Å². The first-order valence-corrected chi connectivity index (χ1v) is 10.8. The minimum atomic E-state index is -0.630. The van der Waals surface area contributed by atoms with Crippen molar-refractivity contribution in [3.63, 3.8) is 0 Å². The summed E-state index contributed by atoms with van der Waals surface area (Å²) in [7, 11) is 1.32. The fraction of sp³-hybridized carbons (Fsp3) is 0.143. The third kappa shape index (κ3) is 6.74. The molecule has 0 spiro atoms. The van der Waals surface area contributed by atoms with Gasteiger partial charge in [0, 0.05) is 12.1 Å². The summed E-state index contributed by atoms with van der Waals surface area (Å²) in [5, 5.41) is 11.7. The molecule has 0 amide bonds. The number of rotatable bonds is 8. The zero-order valence-electron chi connectivity index (χ0n) is 19.7. The Morgan fingerprint density at radius 3 is 2.26 bits per heavy atom. The van der Waals surface area contributed by atoms with Crippen LogP contribution in [0.15, 0.2) is 66.7 Å². The summed E-state index contributed by atoms with van der Waals surface area (Å²) < 4.78 is 9.90. The smallest absolute Gasteiger partial charge is 0.338 e. The Bertz CT molecular complexity index is 1290. The second-order valence-electron chi connectivity index (χ2n) is 7.85. The van der Waals surface area contributed by atoms with Gasteiger partial charge in [0.1, 0.15) is 6.61 Å². The second kappa shape index (κ2) is 11.6. The van der Waals surface area contributed by atoms with E-state index in [2.05, 4.69) is 4.74 Å². The van der Waals surface area contributed by atoms with E-state index in [-0.39, 0.29) is 17.9 Å². The van der Waals surface area contributed by atoms with Gasteiger partial charge in [-0.1, -0.05) is 48.5 Å². The first-order chi connectivity index (χ1) is 16.8. The molecule has 0 unspecified atom stereocenters. The van der Waals surface area contributed by atoms with Gasteiger partial charge >= 0.3 is 11.9 Å². The zero-order valence-corrected chi connectivity index (χ0v) is 19.7. The van der Waals surface area contributed by atoms with Gasteiger partial charge in [0.05, 0.1) is 23.2 Å². The van der Waals surface area contributed by atoms with Gasteiger partial charge in [-0.25, -0.2) is 9.59 Å². The molecule has 7 nitrogen and oxygen atoms in total. The molecule has 0 heterocycles. The molecular weight excluding hydrogens is 446 g/mol. The predicted molar refractivity (Wildman–Crippen MR) is 135 cm³/mol. The van der Waals surface area contributed by atoms with Crippen molar-refractivity contribution in [1.82, 2.24) is 0 Å². The maximum Gasteiger partial charge on any atom is 0.338 e. The fourth-order valence-corrected chi connectivity index (χ4v) is 3.55. The van der Waals surface area contributed by atoms with Crippen molar-refractivity contribution in [2.24, 2.45) is 0 Å². The Morgan fingerprint density at radius 1 is 0.943 bits per heavy atom. The molecule has 3 rings (SSSR count). The largest absolute Gasteiger partial charge is 0.466 e. The van der Waals surface area contributed by atoms with Gasteiger partial charge in [0.2, 0.25) is 0 Å². The molecule has 35 heavy (non-hydrogen) atoms. The Balaban J connectivity index is 1.81. The first-order valence-electron chi connectivity index (χ1n) is 10.8. The molecule has 0 N–H and O–H groups in total. The highest BCUT2D eigenvalue weighted by atomic mass is 16.6. The number of nitrogens with zero attached hydrogens (tertiary/aromatic N) is 1. The molecule has 0 aliphatic rings. The normalized spacial score (nSPS) is 11.1. The van der Waals surface area contributed by atoms with Crippen molar-refractivity contribution < 1.29 is 24.0 Å². The van der Waals surface area contributed by atoms with Crippen molar-refractivity contribution >= 4 is 35.9 Å². The molecular formula is C28H25NO6. The molecule has 0 saturated carbocycles. The molecule has 178 valence electrons. The molecule has 0 aliphatic heterocycles. The van der Waals surface area contributed by atoms with E-state index in [1.807, 2.05) is 56.3 Å². The summed E-state index contributed by atoms with van der Waals surface area (Å²) in [6.45, 7) is 3.92. The molecule has 3 aromatic carbocycles. The molecule has 0 atom stereocenters. The van der Waals surface area contributed by atoms with Crippen LogP contribution in [0.4, 0.5) is 5.69 Å². The zero-order chi connectivity index (χ0) is 25.4. The number of nitro groups is 1. The quantitative estimate of drug-likeness (QED) is 0.133. The van der Waals surface area contributed by atoms with Crippen molar-refractivity contribution in [2.75, 3.05) is 7.11 Å². The minimum Gasteiger partial charge on any atom is -0.466 e. The number of ether oxygens (including phenoxy) is 2. The highest BCUT2D eigenvalue weighted by molar-refractivity contribution is 5.91. The molecule has 0 aliphatic carbocycles. The number of methoxy groups -OCH3 is 1. The monoisotopic (exact) mass is 471 g/mol. The van der Waals surface area contributed by atoms with E-state index in [0.29, 0.717) is 5.56 Å². The molecule has 0 saturated heterocycles. The fourth-order valence-electron chi connectivity index (χ4n) is 3.55. The van der Waals surface area contributed by atoms with Crippen LogP contribution in [0.25, 0.3) is 18.2 Å². The van der Waals surface area contributed by atoms with Crippen LogP contribution in [0.5, 0.6) is 0 Å². The number of benzene rings is 3. The highest BCUT2D eigenvalue weighted by Crippen LogP contribution is 2.26. The SMILES string of the molecule is COC(=O)/C=C/c1cc(C)c(/C=C/c2ccc(C(=O)OCc3ccccc3)cc2[N+](=O)[O-])c(C)c1. The summed E-state index contributed by atoms with van der Waals surface area (Å²) >= 11 is 0. The van der Waals surface area contributed by atoms with E-state index in [1.165, 1.54) is 31.4 Å². The lowest BCUT2D eigenvalue weighted by atomic mass is 9.97. The van der Waals surface area contributed by atoms with E-state index in [0.717, 1.165) is 27.8 Å². The topological polar surface area (TPSA) is 95.7 Å². The number of aryl methyl sites for hydroxylation is 2. The van der Waals surface area contributed by atoms with E-state index < -0.39 is 16.9 Å². The Labute approximate surface area is 203 Å². The van der Waals surface area contributed by atoms with Crippen LogP contribution >= 0.6 is 0 Å². The summed E-state index contributed by atoms with van der Waals surface area (Å²) in [6, 6.07) is 17.3. The molecule has 0 bridgehead atoms. The summed E-state index contributed by atoms with van der Waals surface area (Å²) in [6.07, 6.45) is 6.46. The molecule has 0 fully saturated rings. The molecule has 3 aromatic rings. The Hall–Kier alpha value is -4.52. The number of hydrogen-bond acceptors (Lipinski definition) is 6. The van der Waals surface area contributed by atoms with Crippen LogP contribution in [0, 0.1) is 24.0 Å². The Kier molecular flexibility index (Phi) is 8.29. The van der Waals surface area contributed by atoms with Gasteiger partial charge in [0.15, 0.2) is 0 Å². The van der Waals surface area contributed by atoms with Crippen LogP contribution in [-0.4, -0.2) is 24.0 Å². The maximum atomic E-state index is 12.4. The highest BCUT2D eigenvalue weighted by Gasteiger charge is 2.17. The van der Waals surface area contributed by atoms with Crippen molar-refractivity contribution in [3.05, 3.63) is 116 Å². The average molecular weight is 472 g/mol. The number of esters is 2. The van der Waals surface area contributed by atoms with Crippen LogP contribution in [0.3, 0.4) is 0 Å². The molecule has 0 aromatic heterocycles. The molecule has 0 radical (unpaired) electrons. The van der Waals surface area contributed by atoms with Crippen LogP contribution in [0.2, 0.25) is 0 Å². The second-order valence-corrected chi connectivity index (χ2v) is 7.85. The average Bonchev–Trinajstić information content (AvgIpc) is 2.85. The predicted octanol–water partition coefficient (Wildman–Crippen LogP) is 5.93. The lowest BCUT2D eigenvalue weighted by Crippen LogP contribution is -2.06. The van der Waals surface area contributed by atoms with Crippen LogP contribution in [-0.2, 0) is 20.9 Å². The molecule has 7 heteroatoms. The van der Waals surface area contributed by atoms with Gasteiger partial charge in [-0.3, -0.25) is 10.1 Å². The minimum absolute atomic E-state index is 0.0818. The van der Waals surface area contributed by atoms with E-state index in [9.17, 15) is 19.7 Å². The van der Waals surface area contributed by atoms with Gasteiger partial charge < -0.3 is 9.47 Å². The van der Waals surface area contributed by atoms with Crippen LogP contribution < -0.4 is 0 Å². The van der Waals surface area contributed by atoms with E-state index >= 15 is 0 Å². The number of hydrogen-bond donors (Lipinski definition) is 0. The van der Waals surface area contributed by atoms with E-state index in [1.54, 1.807) is 18.2 Å².